The fraction of sp³-hybridized carbons (Fsp3) is 0.320. The number of ether oxygens (including phenoxy) is 1. The summed E-state index contributed by atoms with van der Waals surface area (Å²) in [6.07, 6.45) is 6.61. The second kappa shape index (κ2) is 9.88. The average Bonchev–Trinajstić information content (AvgIpc) is 3.51. The van der Waals surface area contributed by atoms with Crippen LogP contribution in [0, 0.1) is 0 Å². The van der Waals surface area contributed by atoms with Gasteiger partial charge in [0.15, 0.2) is 11.0 Å². The summed E-state index contributed by atoms with van der Waals surface area (Å²) in [5.41, 5.74) is 3.18. The zero-order chi connectivity index (χ0) is 21.8. The van der Waals surface area contributed by atoms with Crippen molar-refractivity contribution >= 4 is 23.1 Å². The summed E-state index contributed by atoms with van der Waals surface area (Å²) in [5, 5.41) is 13.5. The number of benzene rings is 2. The number of para-hydroxylation sites is 1. The third-order valence-electron chi connectivity index (χ3n) is 5.87. The van der Waals surface area contributed by atoms with Gasteiger partial charge in [0.2, 0.25) is 0 Å². The summed E-state index contributed by atoms with van der Waals surface area (Å²) in [7, 11) is 1.67. The van der Waals surface area contributed by atoms with Gasteiger partial charge in [0, 0.05) is 28.3 Å². The molecule has 2 heterocycles. The molecule has 0 amide bonds. The number of rotatable bonds is 7. The Morgan fingerprint density at radius 1 is 1.00 bits per heavy atom. The van der Waals surface area contributed by atoms with E-state index in [2.05, 4.69) is 32.3 Å². The largest absolute Gasteiger partial charge is 0.497 e. The first-order valence-electron chi connectivity index (χ1n) is 11.0. The van der Waals surface area contributed by atoms with E-state index >= 15 is 0 Å². The predicted molar refractivity (Wildman–Crippen MR) is 131 cm³/mol. The Kier molecular flexibility index (Phi) is 6.55. The highest BCUT2D eigenvalue weighted by Gasteiger charge is 2.20. The van der Waals surface area contributed by atoms with Crippen LogP contribution in [0.3, 0.4) is 0 Å². The van der Waals surface area contributed by atoms with E-state index in [1.165, 1.54) is 37.1 Å². The van der Waals surface area contributed by atoms with E-state index in [1.54, 1.807) is 18.9 Å². The van der Waals surface area contributed by atoms with Crippen molar-refractivity contribution in [3.63, 3.8) is 0 Å². The molecule has 4 aromatic rings. The normalized spacial score (nSPS) is 14.5. The highest BCUT2D eigenvalue weighted by atomic mass is 32.2. The van der Waals surface area contributed by atoms with Crippen LogP contribution < -0.4 is 4.74 Å². The summed E-state index contributed by atoms with van der Waals surface area (Å²) >= 11 is 3.51. The molecule has 1 saturated carbocycles. The third kappa shape index (κ3) is 4.59. The number of nitrogens with zero attached hydrogens (tertiary/aromatic N) is 4. The first kappa shape index (κ1) is 21.2. The summed E-state index contributed by atoms with van der Waals surface area (Å²) < 4.78 is 7.43. The van der Waals surface area contributed by atoms with Crippen LogP contribution in [-0.4, -0.2) is 26.9 Å². The molecule has 0 saturated heterocycles. The van der Waals surface area contributed by atoms with Gasteiger partial charge < -0.3 is 4.74 Å². The SMILES string of the molecule is COc1ccc(-c2nnc(SCc3csc(C4CCCCC4)n3)n2-c2ccccc2)cc1. The Bertz CT molecular complexity index is 1150. The quantitative estimate of drug-likeness (QED) is 0.285. The van der Waals surface area contributed by atoms with Crippen LogP contribution in [0.5, 0.6) is 5.75 Å². The predicted octanol–water partition coefficient (Wildman–Crippen LogP) is 6.74. The number of thiazole rings is 1. The Morgan fingerprint density at radius 2 is 1.78 bits per heavy atom. The molecule has 5 nitrogen and oxygen atoms in total. The van der Waals surface area contributed by atoms with Gasteiger partial charge in [0.05, 0.1) is 17.8 Å². The lowest BCUT2D eigenvalue weighted by atomic mass is 9.90. The van der Waals surface area contributed by atoms with Crippen LogP contribution in [0.25, 0.3) is 17.1 Å². The van der Waals surface area contributed by atoms with E-state index in [0.29, 0.717) is 5.92 Å². The van der Waals surface area contributed by atoms with Crippen molar-refractivity contribution in [2.24, 2.45) is 0 Å². The summed E-state index contributed by atoms with van der Waals surface area (Å²) in [4.78, 5) is 4.96. The molecular formula is C25H26N4OS2. The summed E-state index contributed by atoms with van der Waals surface area (Å²) in [5.74, 6) is 3.09. The monoisotopic (exact) mass is 462 g/mol. The highest BCUT2D eigenvalue weighted by molar-refractivity contribution is 7.98. The third-order valence-corrected chi connectivity index (χ3v) is 7.89. The zero-order valence-electron chi connectivity index (χ0n) is 18.1. The van der Waals surface area contributed by atoms with Crippen molar-refractivity contribution in [2.45, 2.75) is 48.9 Å². The van der Waals surface area contributed by atoms with E-state index in [9.17, 15) is 0 Å². The van der Waals surface area contributed by atoms with E-state index in [-0.39, 0.29) is 0 Å². The van der Waals surface area contributed by atoms with Gasteiger partial charge in [0.25, 0.3) is 0 Å². The topological polar surface area (TPSA) is 52.8 Å². The molecule has 0 atom stereocenters. The van der Waals surface area contributed by atoms with Crippen LogP contribution in [0.2, 0.25) is 0 Å². The molecule has 1 fully saturated rings. The highest BCUT2D eigenvalue weighted by Crippen LogP contribution is 2.35. The molecule has 0 N–H and O–H groups in total. The van der Waals surface area contributed by atoms with E-state index in [0.717, 1.165) is 39.4 Å². The fourth-order valence-electron chi connectivity index (χ4n) is 4.16. The molecule has 0 radical (unpaired) electrons. The van der Waals surface area contributed by atoms with Gasteiger partial charge in [-0.1, -0.05) is 49.2 Å². The molecule has 164 valence electrons. The van der Waals surface area contributed by atoms with Gasteiger partial charge in [0.1, 0.15) is 5.75 Å². The minimum atomic E-state index is 0.655. The Morgan fingerprint density at radius 3 is 2.53 bits per heavy atom. The second-order valence-electron chi connectivity index (χ2n) is 8.01. The number of methoxy groups -OCH3 is 1. The zero-order valence-corrected chi connectivity index (χ0v) is 19.7. The molecule has 0 aliphatic heterocycles. The van der Waals surface area contributed by atoms with Crippen LogP contribution in [0.4, 0.5) is 0 Å². The van der Waals surface area contributed by atoms with Gasteiger partial charge in [-0.3, -0.25) is 4.57 Å². The van der Waals surface area contributed by atoms with Gasteiger partial charge in [-0.05, 0) is 49.2 Å². The number of hydrogen-bond acceptors (Lipinski definition) is 6. The molecule has 0 spiro atoms. The lowest BCUT2D eigenvalue weighted by Crippen LogP contribution is -2.04. The lowest BCUT2D eigenvalue weighted by molar-refractivity contribution is 0.415. The molecule has 1 aliphatic carbocycles. The molecule has 1 aliphatic rings. The number of thioether (sulfide) groups is 1. The van der Waals surface area contributed by atoms with Gasteiger partial charge in [-0.15, -0.1) is 21.5 Å². The minimum absolute atomic E-state index is 0.655. The Hall–Kier alpha value is -2.64. The van der Waals surface area contributed by atoms with Crippen LogP contribution in [0.15, 0.2) is 65.1 Å². The van der Waals surface area contributed by atoms with Gasteiger partial charge >= 0.3 is 0 Å². The minimum Gasteiger partial charge on any atom is -0.497 e. The van der Waals surface area contributed by atoms with Gasteiger partial charge in [-0.2, -0.15) is 0 Å². The van der Waals surface area contributed by atoms with Crippen molar-refractivity contribution < 1.29 is 4.74 Å². The first-order valence-corrected chi connectivity index (χ1v) is 12.9. The molecule has 2 aromatic carbocycles. The standard InChI is InChI=1S/C25H26N4OS2/c1-30-22-14-12-18(13-15-22)23-27-28-25(29(23)21-10-6-3-7-11-21)32-17-20-16-31-24(26-20)19-8-4-2-5-9-19/h3,6-7,10-16,19H,2,4-5,8-9,17H2,1H3. The van der Waals surface area contributed by atoms with E-state index < -0.39 is 0 Å². The maximum Gasteiger partial charge on any atom is 0.196 e. The van der Waals surface area contributed by atoms with Crippen LogP contribution in [-0.2, 0) is 5.75 Å². The maximum absolute atomic E-state index is 5.31. The lowest BCUT2D eigenvalue weighted by Gasteiger charge is -2.18. The van der Waals surface area contributed by atoms with Crippen molar-refractivity contribution in [1.82, 2.24) is 19.7 Å². The molecule has 7 heteroatoms. The maximum atomic E-state index is 5.31. The van der Waals surface area contributed by atoms with Gasteiger partial charge in [-0.25, -0.2) is 4.98 Å². The van der Waals surface area contributed by atoms with Crippen molar-refractivity contribution in [3.05, 3.63) is 70.7 Å². The fourth-order valence-corrected chi connectivity index (χ4v) is 6.11. The Balaban J connectivity index is 1.40. The Labute approximate surface area is 196 Å². The molecule has 2 aromatic heterocycles. The molecular weight excluding hydrogens is 436 g/mol. The molecule has 0 unspecified atom stereocenters. The molecule has 32 heavy (non-hydrogen) atoms. The smallest absolute Gasteiger partial charge is 0.196 e. The van der Waals surface area contributed by atoms with Crippen LogP contribution in [0.1, 0.15) is 48.7 Å². The van der Waals surface area contributed by atoms with E-state index in [4.69, 9.17) is 9.72 Å². The van der Waals surface area contributed by atoms with E-state index in [1.807, 2.05) is 53.8 Å². The number of hydrogen-bond donors (Lipinski definition) is 0. The van der Waals surface area contributed by atoms with Crippen molar-refractivity contribution in [3.8, 4) is 22.8 Å². The summed E-state index contributed by atoms with van der Waals surface area (Å²) in [6, 6.07) is 18.2. The number of aromatic nitrogens is 4. The molecule has 5 rings (SSSR count). The van der Waals surface area contributed by atoms with Crippen molar-refractivity contribution in [2.75, 3.05) is 7.11 Å². The molecule has 0 bridgehead atoms. The van der Waals surface area contributed by atoms with Crippen LogP contribution >= 0.6 is 23.1 Å². The average molecular weight is 463 g/mol. The van der Waals surface area contributed by atoms with Crippen molar-refractivity contribution in [1.29, 1.82) is 0 Å². The second-order valence-corrected chi connectivity index (χ2v) is 9.84. The summed E-state index contributed by atoms with van der Waals surface area (Å²) in [6.45, 7) is 0. The first-order chi connectivity index (χ1) is 15.8.